The molecule has 1 N–H and O–H groups in total. The third-order valence-electron chi connectivity index (χ3n) is 3.28. The minimum atomic E-state index is -0.349. The van der Waals surface area contributed by atoms with E-state index in [1.54, 1.807) is 6.07 Å². The number of hydrogen-bond acceptors (Lipinski definition) is 7. The highest BCUT2D eigenvalue weighted by Crippen LogP contribution is 2.44. The molecule has 0 atom stereocenters. The largest absolute Gasteiger partial charge is 0.493 e. The summed E-state index contributed by atoms with van der Waals surface area (Å²) in [7, 11) is 4.49. The molecule has 0 saturated carbocycles. The Balaban J connectivity index is 2.31. The standard InChI is InChI=1S/C16H20BrN3O4S/c1-8(2)6-11-19-20-16(25-11)18-15(21)9-7-10(22-3)13(23-4)14(24-5)12(9)17/h7-8H,6H2,1-5H3,(H,18,20,21). The van der Waals surface area contributed by atoms with Crippen molar-refractivity contribution >= 4 is 38.3 Å². The lowest BCUT2D eigenvalue weighted by Crippen LogP contribution is -2.13. The first-order chi connectivity index (χ1) is 11.9. The average Bonchev–Trinajstić information content (AvgIpc) is 2.99. The van der Waals surface area contributed by atoms with E-state index in [1.807, 2.05) is 0 Å². The van der Waals surface area contributed by atoms with Crippen LogP contribution in [0, 0.1) is 5.92 Å². The molecule has 2 aromatic rings. The Kier molecular flexibility index (Phi) is 6.60. The van der Waals surface area contributed by atoms with Crippen molar-refractivity contribution in [3.05, 3.63) is 21.1 Å². The van der Waals surface area contributed by atoms with Crippen LogP contribution >= 0.6 is 27.3 Å². The zero-order chi connectivity index (χ0) is 18.6. The van der Waals surface area contributed by atoms with E-state index < -0.39 is 0 Å². The lowest BCUT2D eigenvalue weighted by atomic mass is 10.1. The summed E-state index contributed by atoms with van der Waals surface area (Å²) in [5, 5.41) is 12.2. The van der Waals surface area contributed by atoms with Crippen LogP contribution in [0.4, 0.5) is 5.13 Å². The maximum absolute atomic E-state index is 12.6. The first-order valence-electron chi connectivity index (χ1n) is 7.53. The number of methoxy groups -OCH3 is 3. The maximum Gasteiger partial charge on any atom is 0.258 e. The number of anilines is 1. The van der Waals surface area contributed by atoms with Crippen LogP contribution in [0.15, 0.2) is 10.5 Å². The van der Waals surface area contributed by atoms with E-state index >= 15 is 0 Å². The molecule has 1 heterocycles. The monoisotopic (exact) mass is 429 g/mol. The maximum atomic E-state index is 12.6. The Morgan fingerprint density at radius 3 is 2.44 bits per heavy atom. The summed E-state index contributed by atoms with van der Waals surface area (Å²) in [6.07, 6.45) is 0.821. The van der Waals surface area contributed by atoms with Crippen LogP contribution in [-0.4, -0.2) is 37.4 Å². The molecule has 136 valence electrons. The minimum absolute atomic E-state index is 0.343. The van der Waals surface area contributed by atoms with Gasteiger partial charge in [-0.15, -0.1) is 10.2 Å². The normalized spacial score (nSPS) is 10.7. The van der Waals surface area contributed by atoms with Gasteiger partial charge in [0.15, 0.2) is 11.5 Å². The number of nitrogens with one attached hydrogen (secondary N) is 1. The van der Waals surface area contributed by atoms with Crippen LogP contribution in [0.3, 0.4) is 0 Å². The summed E-state index contributed by atoms with van der Waals surface area (Å²) in [5.74, 6) is 1.30. The van der Waals surface area contributed by atoms with Crippen molar-refractivity contribution in [3.8, 4) is 17.2 Å². The van der Waals surface area contributed by atoms with Crippen LogP contribution in [0.1, 0.15) is 29.2 Å². The molecular formula is C16H20BrN3O4S. The van der Waals surface area contributed by atoms with Gasteiger partial charge >= 0.3 is 0 Å². The van der Waals surface area contributed by atoms with Crippen molar-refractivity contribution in [2.75, 3.05) is 26.6 Å². The second-order valence-corrected chi connectivity index (χ2v) is 7.41. The number of carbonyl (C=O) groups is 1. The number of aromatic nitrogens is 2. The molecule has 0 spiro atoms. The summed E-state index contributed by atoms with van der Waals surface area (Å²) in [5.41, 5.74) is 0.343. The number of carbonyl (C=O) groups excluding carboxylic acids is 1. The van der Waals surface area contributed by atoms with E-state index in [4.69, 9.17) is 14.2 Å². The fourth-order valence-corrected chi connectivity index (χ4v) is 3.77. The summed E-state index contributed by atoms with van der Waals surface area (Å²) in [6, 6.07) is 1.58. The number of nitrogens with zero attached hydrogens (tertiary/aromatic N) is 2. The van der Waals surface area contributed by atoms with E-state index in [-0.39, 0.29) is 5.91 Å². The fraction of sp³-hybridized carbons (Fsp3) is 0.438. The molecule has 0 fully saturated rings. The molecule has 0 aliphatic rings. The van der Waals surface area contributed by atoms with Crippen LogP contribution < -0.4 is 19.5 Å². The van der Waals surface area contributed by atoms with Gasteiger partial charge in [-0.05, 0) is 27.9 Å². The Labute approximate surface area is 158 Å². The zero-order valence-electron chi connectivity index (χ0n) is 14.7. The average molecular weight is 430 g/mol. The Morgan fingerprint density at radius 2 is 1.88 bits per heavy atom. The predicted octanol–water partition coefficient (Wildman–Crippen LogP) is 3.78. The molecule has 9 heteroatoms. The molecule has 25 heavy (non-hydrogen) atoms. The van der Waals surface area contributed by atoms with Crippen molar-refractivity contribution in [2.45, 2.75) is 20.3 Å². The second-order valence-electron chi connectivity index (χ2n) is 5.56. The molecule has 0 saturated heterocycles. The number of benzene rings is 1. The first-order valence-corrected chi connectivity index (χ1v) is 9.14. The van der Waals surface area contributed by atoms with Gasteiger partial charge in [0.25, 0.3) is 5.91 Å². The molecule has 0 radical (unpaired) electrons. The molecule has 0 aliphatic carbocycles. The molecule has 7 nitrogen and oxygen atoms in total. The highest BCUT2D eigenvalue weighted by atomic mass is 79.9. The fourth-order valence-electron chi connectivity index (χ4n) is 2.19. The van der Waals surface area contributed by atoms with Crippen molar-refractivity contribution in [2.24, 2.45) is 5.92 Å². The van der Waals surface area contributed by atoms with E-state index in [1.165, 1.54) is 32.7 Å². The molecule has 1 aromatic carbocycles. The van der Waals surface area contributed by atoms with Crippen molar-refractivity contribution < 1.29 is 19.0 Å². The van der Waals surface area contributed by atoms with Gasteiger partial charge in [0.2, 0.25) is 10.9 Å². The molecular weight excluding hydrogens is 410 g/mol. The molecule has 0 unspecified atom stereocenters. The third-order valence-corrected chi connectivity index (χ3v) is 4.93. The van der Waals surface area contributed by atoms with Crippen LogP contribution in [0.5, 0.6) is 17.2 Å². The summed E-state index contributed by atoms with van der Waals surface area (Å²) < 4.78 is 16.4. The van der Waals surface area contributed by atoms with Gasteiger partial charge in [0.1, 0.15) is 5.01 Å². The third kappa shape index (κ3) is 4.40. The van der Waals surface area contributed by atoms with Crippen molar-refractivity contribution in [3.63, 3.8) is 0 Å². The van der Waals surface area contributed by atoms with E-state index in [0.29, 0.717) is 38.3 Å². The second kappa shape index (κ2) is 8.48. The van der Waals surface area contributed by atoms with E-state index in [0.717, 1.165) is 11.4 Å². The molecule has 1 aromatic heterocycles. The van der Waals surface area contributed by atoms with Gasteiger partial charge in [-0.25, -0.2) is 0 Å². The Morgan fingerprint density at radius 1 is 1.20 bits per heavy atom. The summed E-state index contributed by atoms with van der Waals surface area (Å²) in [4.78, 5) is 12.6. The summed E-state index contributed by atoms with van der Waals surface area (Å²) >= 11 is 4.76. The Bertz CT molecular complexity index is 764. The molecule has 1 amide bonds. The zero-order valence-corrected chi connectivity index (χ0v) is 17.1. The number of rotatable bonds is 7. The summed E-state index contributed by atoms with van der Waals surface area (Å²) in [6.45, 7) is 4.21. The quantitative estimate of drug-likeness (QED) is 0.720. The van der Waals surface area contributed by atoms with Crippen molar-refractivity contribution in [1.29, 1.82) is 0 Å². The minimum Gasteiger partial charge on any atom is -0.493 e. The number of halogens is 1. The van der Waals surface area contributed by atoms with Crippen LogP contribution in [0.2, 0.25) is 0 Å². The topological polar surface area (TPSA) is 82.6 Å². The van der Waals surface area contributed by atoms with Gasteiger partial charge in [-0.3, -0.25) is 10.1 Å². The highest BCUT2D eigenvalue weighted by molar-refractivity contribution is 9.10. The van der Waals surface area contributed by atoms with E-state index in [9.17, 15) is 4.79 Å². The molecule has 2 rings (SSSR count). The van der Waals surface area contributed by atoms with Gasteiger partial charge in [0, 0.05) is 6.42 Å². The lowest BCUT2D eigenvalue weighted by Gasteiger charge is -2.16. The number of ether oxygens (including phenoxy) is 3. The van der Waals surface area contributed by atoms with Crippen molar-refractivity contribution in [1.82, 2.24) is 10.2 Å². The Hall–Kier alpha value is -1.87. The van der Waals surface area contributed by atoms with Gasteiger partial charge < -0.3 is 14.2 Å². The number of hydrogen-bond donors (Lipinski definition) is 1. The lowest BCUT2D eigenvalue weighted by molar-refractivity contribution is 0.102. The predicted molar refractivity (Wildman–Crippen MR) is 100 cm³/mol. The molecule has 0 bridgehead atoms. The first kappa shape index (κ1) is 19.5. The van der Waals surface area contributed by atoms with Crippen LogP contribution in [0.25, 0.3) is 0 Å². The van der Waals surface area contributed by atoms with Gasteiger partial charge in [0.05, 0.1) is 31.4 Å². The van der Waals surface area contributed by atoms with E-state index in [2.05, 4.69) is 45.3 Å². The van der Waals surface area contributed by atoms with Gasteiger partial charge in [-0.2, -0.15) is 0 Å². The molecule has 0 aliphatic heterocycles. The van der Waals surface area contributed by atoms with Gasteiger partial charge in [-0.1, -0.05) is 25.2 Å². The number of amides is 1. The SMILES string of the molecule is COc1cc(C(=O)Nc2nnc(CC(C)C)s2)c(Br)c(OC)c1OC. The highest BCUT2D eigenvalue weighted by Gasteiger charge is 2.23. The smallest absolute Gasteiger partial charge is 0.258 e. The van der Waals surface area contributed by atoms with Crippen LogP contribution in [-0.2, 0) is 6.42 Å².